The first-order valence-corrected chi connectivity index (χ1v) is 28.6. The van der Waals surface area contributed by atoms with Gasteiger partial charge in [0.2, 0.25) is 0 Å². The zero-order valence-electron chi connectivity index (χ0n) is 45.1. The largest absolute Gasteiger partial charge is 0.399 e. The number of aromatic nitrogens is 2. The van der Waals surface area contributed by atoms with Gasteiger partial charge in [0.05, 0.1) is 10.5 Å². The van der Waals surface area contributed by atoms with E-state index < -0.39 is 17.0 Å². The SMILES string of the molecule is C=CNCCC(=C)Nc1nn(C)c2cc(C3CCN(C4CCC(CCNC=C)(CCC5CCC(NCC6(c7ccccc7)Cc7cc(F)c(Cl)c(-c8c(C(=C)N)ccc(CC)c8F)c7C6C)CC5)CC4)CC3)ccc12. The van der Waals surface area contributed by atoms with Gasteiger partial charge < -0.3 is 31.9 Å². The molecule has 2 heterocycles. The van der Waals surface area contributed by atoms with E-state index in [2.05, 4.69) is 102 Å². The molecular weight excluding hydrogens is 954 g/mol. The predicted molar refractivity (Wildman–Crippen MR) is 310 cm³/mol. The number of piperidine rings is 1. The number of nitrogens with zero attached hydrogens (tertiary/aromatic N) is 3. The van der Waals surface area contributed by atoms with Gasteiger partial charge in [-0.05, 0) is 191 Å². The number of hydrogen-bond acceptors (Lipinski definition) is 7. The van der Waals surface area contributed by atoms with Crippen LogP contribution in [0.4, 0.5) is 14.6 Å². The van der Waals surface area contributed by atoms with E-state index in [0.717, 1.165) is 91.4 Å². The number of anilines is 1. The molecule has 2 saturated carbocycles. The van der Waals surface area contributed by atoms with Gasteiger partial charge in [0.25, 0.3) is 0 Å². The summed E-state index contributed by atoms with van der Waals surface area (Å²) in [7, 11) is 2.04. The number of nitrogens with one attached hydrogen (secondary N) is 4. The van der Waals surface area contributed by atoms with Crippen molar-refractivity contribution >= 4 is 34.0 Å². The highest BCUT2D eigenvalue weighted by Crippen LogP contribution is 2.55. The smallest absolute Gasteiger partial charge is 0.160 e. The highest BCUT2D eigenvalue weighted by atomic mass is 35.5. The molecule has 0 bridgehead atoms. The molecule has 3 aliphatic carbocycles. The van der Waals surface area contributed by atoms with E-state index in [9.17, 15) is 0 Å². The third kappa shape index (κ3) is 11.5. The Labute approximate surface area is 451 Å². The van der Waals surface area contributed by atoms with Gasteiger partial charge >= 0.3 is 0 Å². The summed E-state index contributed by atoms with van der Waals surface area (Å²) < 4.78 is 34.6. The number of hydrogen-bond donors (Lipinski definition) is 5. The number of halogens is 3. The number of fused-ring (bicyclic) bond motifs is 2. The maximum absolute atomic E-state index is 16.6. The van der Waals surface area contributed by atoms with Gasteiger partial charge in [-0.15, -0.1) is 0 Å². The van der Waals surface area contributed by atoms with Crippen LogP contribution < -0.4 is 27.0 Å². The van der Waals surface area contributed by atoms with Gasteiger partial charge in [0, 0.05) is 84.1 Å². The van der Waals surface area contributed by atoms with Crippen molar-refractivity contribution in [2.45, 2.75) is 146 Å². The van der Waals surface area contributed by atoms with Gasteiger partial charge in [-0.2, -0.15) is 5.10 Å². The van der Waals surface area contributed by atoms with E-state index in [1.807, 2.05) is 30.9 Å². The number of likely N-dealkylation sites (tertiary alicyclic amines) is 1. The van der Waals surface area contributed by atoms with Gasteiger partial charge in [-0.1, -0.05) is 100 Å². The molecule has 8 nitrogen and oxygen atoms in total. The number of nitrogens with two attached hydrogens (primary N) is 1. The van der Waals surface area contributed by atoms with Crippen LogP contribution >= 0.6 is 11.6 Å². The molecule has 0 amide bonds. The molecule has 2 unspecified atom stereocenters. The van der Waals surface area contributed by atoms with Gasteiger partial charge in [-0.25, -0.2) is 8.78 Å². The Morgan fingerprint density at radius 1 is 0.880 bits per heavy atom. The van der Waals surface area contributed by atoms with E-state index in [1.165, 1.54) is 81.8 Å². The third-order valence-corrected chi connectivity index (χ3v) is 19.0. The van der Waals surface area contributed by atoms with Crippen molar-refractivity contribution in [3.63, 3.8) is 0 Å². The van der Waals surface area contributed by atoms with Crippen LogP contribution in [0.3, 0.4) is 0 Å². The Morgan fingerprint density at radius 2 is 1.60 bits per heavy atom. The first-order chi connectivity index (χ1) is 36.3. The quantitative estimate of drug-likeness (QED) is 0.0441. The molecule has 2 atom stereocenters. The molecule has 9 rings (SSSR count). The monoisotopic (exact) mass is 1040 g/mol. The van der Waals surface area contributed by atoms with Crippen LogP contribution in [0.25, 0.3) is 27.7 Å². The second-order valence-electron chi connectivity index (χ2n) is 22.9. The van der Waals surface area contributed by atoms with Crippen molar-refractivity contribution in [3.05, 3.63) is 161 Å². The minimum Gasteiger partial charge on any atom is -0.399 e. The molecule has 1 saturated heterocycles. The van der Waals surface area contributed by atoms with E-state index in [1.54, 1.807) is 24.4 Å². The highest BCUT2D eigenvalue weighted by Gasteiger charge is 2.48. The van der Waals surface area contributed by atoms with Crippen LogP contribution in [-0.2, 0) is 25.3 Å². The van der Waals surface area contributed by atoms with Crippen molar-refractivity contribution in [2.24, 2.45) is 24.1 Å². The Bertz CT molecular complexity index is 2830. The fourth-order valence-electron chi connectivity index (χ4n) is 14.1. The van der Waals surface area contributed by atoms with Crippen molar-refractivity contribution in [2.75, 3.05) is 38.0 Å². The predicted octanol–water partition coefficient (Wildman–Crippen LogP) is 14.2. The van der Waals surface area contributed by atoms with E-state index in [0.29, 0.717) is 52.9 Å². The lowest BCUT2D eigenvalue weighted by Gasteiger charge is -2.46. The van der Waals surface area contributed by atoms with Crippen LogP contribution in [0.2, 0.25) is 5.02 Å². The van der Waals surface area contributed by atoms with Crippen molar-refractivity contribution < 1.29 is 8.78 Å². The van der Waals surface area contributed by atoms with Gasteiger partial charge in [0.1, 0.15) is 11.6 Å². The van der Waals surface area contributed by atoms with Gasteiger partial charge in [-0.3, -0.25) is 4.68 Å². The molecule has 6 N–H and O–H groups in total. The lowest BCUT2D eigenvalue weighted by atomic mass is 9.66. The average molecular weight is 1040 g/mol. The van der Waals surface area contributed by atoms with Crippen LogP contribution in [0.1, 0.15) is 149 Å². The summed E-state index contributed by atoms with van der Waals surface area (Å²) >= 11 is 6.94. The standard InChI is InChI=1S/C64H83ClF2N8/c1-8-46-18-22-53(44(6)68)58(61(46)67)59-57-43(5)64(50-14-12-11-13-15-50,40-49(57)38-55(66)60(59)65)41-71-51-20-16-45(17-21-51)24-30-63(33-35-70-10-3)31-25-52(26-32-63)75-36-28-47(29-37-75)48-19-23-54-56(39-48)74(7)73-62(54)72-42(4)27-34-69-9-2/h9-15,18-19,22-23,38-39,43,45,47,51-52,69-71H,2-4,6,8,16-17,20-21,24-37,40-41,68H2,1,5,7H3,(H,72,73). The second-order valence-corrected chi connectivity index (χ2v) is 23.2. The first kappa shape index (κ1) is 54.4. The third-order valence-electron chi connectivity index (χ3n) is 18.7. The normalized spacial score (nSPS) is 24.2. The maximum Gasteiger partial charge on any atom is 0.160 e. The lowest BCUT2D eigenvalue weighted by Crippen LogP contribution is -2.46. The summed E-state index contributed by atoms with van der Waals surface area (Å²) in [5.74, 6) is 1.11. The number of benzene rings is 4. The lowest BCUT2D eigenvalue weighted by molar-refractivity contribution is 0.0561. The minimum atomic E-state index is -0.540. The summed E-state index contributed by atoms with van der Waals surface area (Å²) in [4.78, 5) is 2.83. The summed E-state index contributed by atoms with van der Waals surface area (Å²) in [5, 5.41) is 20.0. The summed E-state index contributed by atoms with van der Waals surface area (Å²) in [6.45, 7) is 24.9. The Kier molecular flexibility index (Phi) is 17.3. The first-order valence-electron chi connectivity index (χ1n) is 28.2. The van der Waals surface area contributed by atoms with Crippen LogP contribution in [0, 0.1) is 23.0 Å². The van der Waals surface area contributed by atoms with E-state index in [4.69, 9.17) is 22.4 Å². The van der Waals surface area contributed by atoms with Gasteiger partial charge in [0.15, 0.2) is 5.82 Å². The number of aryl methyl sites for hydroxylation is 2. The van der Waals surface area contributed by atoms with Crippen LogP contribution in [-0.4, -0.2) is 59.5 Å². The Balaban J connectivity index is 0.801. The Morgan fingerprint density at radius 3 is 2.29 bits per heavy atom. The fraction of sp³-hybridized carbons (Fsp3) is 0.484. The minimum absolute atomic E-state index is 0.0655. The fourth-order valence-corrected chi connectivity index (χ4v) is 14.4. The van der Waals surface area contributed by atoms with Crippen LogP contribution in [0.15, 0.2) is 111 Å². The second kappa shape index (κ2) is 23.9. The molecule has 5 aromatic rings. The topological polar surface area (TPSA) is 95.2 Å². The molecule has 0 radical (unpaired) electrons. The van der Waals surface area contributed by atoms with Crippen LogP contribution in [0.5, 0.6) is 0 Å². The van der Waals surface area contributed by atoms with Crippen molar-refractivity contribution in [1.82, 2.24) is 30.6 Å². The summed E-state index contributed by atoms with van der Waals surface area (Å²) in [6.07, 6.45) is 21.6. The Hall–Kier alpha value is -5.42. The van der Waals surface area contributed by atoms with Crippen molar-refractivity contribution in [1.29, 1.82) is 0 Å². The zero-order valence-corrected chi connectivity index (χ0v) is 45.9. The maximum atomic E-state index is 16.6. The molecule has 0 spiro atoms. The molecular formula is C64H83ClF2N8. The number of rotatable bonds is 22. The molecule has 75 heavy (non-hydrogen) atoms. The average Bonchev–Trinajstić information content (AvgIpc) is 3.89. The van der Waals surface area contributed by atoms with E-state index in [-0.39, 0.29) is 22.2 Å². The van der Waals surface area contributed by atoms with E-state index >= 15 is 8.78 Å². The highest BCUT2D eigenvalue weighted by molar-refractivity contribution is 6.34. The zero-order chi connectivity index (χ0) is 52.9. The summed E-state index contributed by atoms with van der Waals surface area (Å²) in [6, 6.07) is 23.8. The van der Waals surface area contributed by atoms with Crippen molar-refractivity contribution in [3.8, 4) is 11.1 Å². The molecule has 1 aromatic heterocycles. The molecule has 4 aromatic carbocycles. The molecule has 400 valence electrons. The molecule has 1 aliphatic heterocycles. The molecule has 3 fully saturated rings. The molecule has 4 aliphatic rings. The molecule has 11 heteroatoms. The summed E-state index contributed by atoms with van der Waals surface area (Å²) in [5.41, 5.74) is 14.6.